The first-order valence-corrected chi connectivity index (χ1v) is 9.44. The molecule has 1 amide bonds. The number of carbonyl (C=O) groups excluding carboxylic acids is 1. The fourth-order valence-electron chi connectivity index (χ4n) is 2.84. The molecule has 31 heavy (non-hydrogen) atoms. The van der Waals surface area contributed by atoms with E-state index in [0.717, 1.165) is 5.56 Å². The summed E-state index contributed by atoms with van der Waals surface area (Å²) in [6, 6.07) is 20.0. The molecular formula is C23H19N3O5. The SMILES string of the molecule is CCOc1ccc(C(=O)Nc2cccc(OCc3cccc(C#N)c3)c2)cc1[N+](=O)[O-]. The lowest BCUT2D eigenvalue weighted by Crippen LogP contribution is -2.12. The lowest BCUT2D eigenvalue weighted by Gasteiger charge is -2.10. The minimum Gasteiger partial charge on any atom is -0.489 e. The van der Waals surface area contributed by atoms with Crippen LogP contribution in [-0.4, -0.2) is 17.4 Å². The number of hydrogen-bond donors (Lipinski definition) is 1. The molecule has 3 aromatic rings. The number of ether oxygens (including phenoxy) is 2. The first kappa shape index (κ1) is 21.3. The Bertz CT molecular complexity index is 1150. The van der Waals surface area contributed by atoms with Crippen LogP contribution in [0.25, 0.3) is 0 Å². The number of nitriles is 1. The number of nitrogens with one attached hydrogen (secondary N) is 1. The molecule has 0 saturated carbocycles. The van der Waals surface area contributed by atoms with E-state index in [-0.39, 0.29) is 30.2 Å². The second-order valence-electron chi connectivity index (χ2n) is 6.46. The Morgan fingerprint density at radius 2 is 1.90 bits per heavy atom. The standard InChI is InChI=1S/C23H19N3O5/c1-2-30-22-10-9-18(12-21(22)26(28)29)23(27)25-19-7-4-8-20(13-19)31-15-17-6-3-5-16(11-17)14-24/h3-13H,2,15H2,1H3,(H,25,27). The van der Waals surface area contributed by atoms with Gasteiger partial charge in [0.2, 0.25) is 0 Å². The zero-order valence-corrected chi connectivity index (χ0v) is 16.7. The summed E-state index contributed by atoms with van der Waals surface area (Å²) in [5, 5.41) is 22.9. The van der Waals surface area contributed by atoms with E-state index < -0.39 is 10.8 Å². The Labute approximate surface area is 178 Å². The predicted molar refractivity (Wildman–Crippen MR) is 114 cm³/mol. The van der Waals surface area contributed by atoms with Crippen molar-refractivity contribution in [3.05, 3.63) is 93.5 Å². The highest BCUT2D eigenvalue weighted by molar-refractivity contribution is 6.04. The van der Waals surface area contributed by atoms with E-state index in [1.165, 1.54) is 18.2 Å². The summed E-state index contributed by atoms with van der Waals surface area (Å²) in [6.07, 6.45) is 0. The minimum absolute atomic E-state index is 0.111. The molecule has 8 nitrogen and oxygen atoms in total. The van der Waals surface area contributed by atoms with E-state index in [2.05, 4.69) is 11.4 Å². The molecule has 3 aromatic carbocycles. The van der Waals surface area contributed by atoms with Crippen molar-refractivity contribution in [1.29, 1.82) is 5.26 Å². The number of carbonyl (C=O) groups is 1. The number of rotatable bonds is 8. The average molecular weight is 417 g/mol. The molecule has 0 bridgehead atoms. The Hall–Kier alpha value is -4.38. The van der Waals surface area contributed by atoms with Crippen LogP contribution in [0, 0.1) is 21.4 Å². The smallest absolute Gasteiger partial charge is 0.311 e. The molecule has 0 atom stereocenters. The summed E-state index contributed by atoms with van der Waals surface area (Å²) in [5.41, 5.74) is 1.73. The molecule has 0 spiro atoms. The summed E-state index contributed by atoms with van der Waals surface area (Å²) in [6.45, 7) is 2.26. The summed E-state index contributed by atoms with van der Waals surface area (Å²) in [4.78, 5) is 23.3. The van der Waals surface area contributed by atoms with Crippen molar-refractivity contribution < 1.29 is 19.2 Å². The van der Waals surface area contributed by atoms with Gasteiger partial charge in [-0.1, -0.05) is 18.2 Å². The van der Waals surface area contributed by atoms with Crippen molar-refractivity contribution in [2.24, 2.45) is 0 Å². The maximum atomic E-state index is 12.6. The number of nitro groups is 1. The number of hydrogen-bond acceptors (Lipinski definition) is 6. The van der Waals surface area contributed by atoms with Crippen LogP contribution >= 0.6 is 0 Å². The second kappa shape index (κ2) is 9.89. The van der Waals surface area contributed by atoms with Crippen LogP contribution in [0.5, 0.6) is 11.5 Å². The van der Waals surface area contributed by atoms with Gasteiger partial charge in [0.15, 0.2) is 5.75 Å². The molecular weight excluding hydrogens is 398 g/mol. The molecule has 0 aromatic heterocycles. The Balaban J connectivity index is 1.70. The summed E-state index contributed by atoms with van der Waals surface area (Å²) < 4.78 is 11.0. The summed E-state index contributed by atoms with van der Waals surface area (Å²) in [5.74, 6) is 0.141. The molecule has 1 N–H and O–H groups in total. The molecule has 3 rings (SSSR count). The normalized spacial score (nSPS) is 10.1. The molecule has 0 unspecified atom stereocenters. The molecule has 0 aliphatic rings. The highest BCUT2D eigenvalue weighted by atomic mass is 16.6. The fraction of sp³-hybridized carbons (Fsp3) is 0.130. The van der Waals surface area contributed by atoms with Crippen molar-refractivity contribution in [3.8, 4) is 17.6 Å². The zero-order valence-electron chi connectivity index (χ0n) is 16.7. The van der Waals surface area contributed by atoms with Gasteiger partial charge in [-0.05, 0) is 48.9 Å². The Morgan fingerprint density at radius 1 is 1.10 bits per heavy atom. The van der Waals surface area contributed by atoms with Crippen LogP contribution in [0.15, 0.2) is 66.7 Å². The quantitative estimate of drug-likeness (QED) is 0.420. The van der Waals surface area contributed by atoms with E-state index in [9.17, 15) is 14.9 Å². The number of amides is 1. The van der Waals surface area contributed by atoms with Crippen molar-refractivity contribution in [3.63, 3.8) is 0 Å². The van der Waals surface area contributed by atoms with Crippen LogP contribution in [0.2, 0.25) is 0 Å². The van der Waals surface area contributed by atoms with Gasteiger partial charge in [0, 0.05) is 23.4 Å². The lowest BCUT2D eigenvalue weighted by atomic mass is 10.1. The first-order valence-electron chi connectivity index (χ1n) is 9.44. The molecule has 0 heterocycles. The van der Waals surface area contributed by atoms with Crippen LogP contribution in [-0.2, 0) is 6.61 Å². The lowest BCUT2D eigenvalue weighted by molar-refractivity contribution is -0.385. The number of anilines is 1. The van der Waals surface area contributed by atoms with Gasteiger partial charge in [-0.3, -0.25) is 14.9 Å². The van der Waals surface area contributed by atoms with Gasteiger partial charge in [0.1, 0.15) is 12.4 Å². The molecule has 0 fully saturated rings. The van der Waals surface area contributed by atoms with Gasteiger partial charge >= 0.3 is 5.69 Å². The first-order chi connectivity index (χ1) is 15.0. The topological polar surface area (TPSA) is 114 Å². The van der Waals surface area contributed by atoms with Gasteiger partial charge in [-0.15, -0.1) is 0 Å². The highest BCUT2D eigenvalue weighted by Gasteiger charge is 2.18. The Morgan fingerprint density at radius 3 is 2.65 bits per heavy atom. The average Bonchev–Trinajstić information content (AvgIpc) is 2.78. The van der Waals surface area contributed by atoms with Crippen molar-refractivity contribution in [2.75, 3.05) is 11.9 Å². The largest absolute Gasteiger partial charge is 0.489 e. The number of benzene rings is 3. The zero-order chi connectivity index (χ0) is 22.2. The third-order valence-electron chi connectivity index (χ3n) is 4.27. The van der Waals surface area contributed by atoms with Crippen molar-refractivity contribution in [1.82, 2.24) is 0 Å². The fourth-order valence-corrected chi connectivity index (χ4v) is 2.84. The maximum Gasteiger partial charge on any atom is 0.311 e. The number of nitrogens with zero attached hydrogens (tertiary/aromatic N) is 2. The van der Waals surface area contributed by atoms with Gasteiger partial charge in [-0.25, -0.2) is 0 Å². The van der Waals surface area contributed by atoms with E-state index in [1.807, 2.05) is 6.07 Å². The van der Waals surface area contributed by atoms with E-state index in [1.54, 1.807) is 49.4 Å². The molecule has 0 saturated heterocycles. The van der Waals surface area contributed by atoms with Crippen LogP contribution in [0.4, 0.5) is 11.4 Å². The van der Waals surface area contributed by atoms with Gasteiger partial charge in [0.25, 0.3) is 5.91 Å². The van der Waals surface area contributed by atoms with Gasteiger partial charge in [-0.2, -0.15) is 5.26 Å². The molecule has 0 radical (unpaired) electrons. The van der Waals surface area contributed by atoms with E-state index >= 15 is 0 Å². The highest BCUT2D eigenvalue weighted by Crippen LogP contribution is 2.28. The third kappa shape index (κ3) is 5.58. The number of nitro benzene ring substituents is 1. The molecule has 0 aliphatic heterocycles. The van der Waals surface area contributed by atoms with Crippen LogP contribution < -0.4 is 14.8 Å². The Kier molecular flexibility index (Phi) is 6.81. The predicted octanol–water partition coefficient (Wildman–Crippen LogP) is 4.70. The molecule has 8 heteroatoms. The van der Waals surface area contributed by atoms with Crippen molar-refractivity contribution >= 4 is 17.3 Å². The second-order valence-corrected chi connectivity index (χ2v) is 6.46. The molecule has 156 valence electrons. The van der Waals surface area contributed by atoms with Crippen LogP contribution in [0.3, 0.4) is 0 Å². The monoisotopic (exact) mass is 417 g/mol. The van der Waals surface area contributed by atoms with Gasteiger partial charge < -0.3 is 14.8 Å². The van der Waals surface area contributed by atoms with Crippen molar-refractivity contribution in [2.45, 2.75) is 13.5 Å². The maximum absolute atomic E-state index is 12.6. The summed E-state index contributed by atoms with van der Waals surface area (Å²) in [7, 11) is 0. The minimum atomic E-state index is -0.586. The summed E-state index contributed by atoms with van der Waals surface area (Å²) >= 11 is 0. The van der Waals surface area contributed by atoms with E-state index in [4.69, 9.17) is 14.7 Å². The van der Waals surface area contributed by atoms with Crippen LogP contribution in [0.1, 0.15) is 28.4 Å². The van der Waals surface area contributed by atoms with E-state index in [0.29, 0.717) is 17.0 Å². The van der Waals surface area contributed by atoms with Gasteiger partial charge in [0.05, 0.1) is 23.2 Å². The molecule has 0 aliphatic carbocycles. The third-order valence-corrected chi connectivity index (χ3v) is 4.27.